The summed E-state index contributed by atoms with van der Waals surface area (Å²) in [5.74, 6) is 0. The van der Waals surface area contributed by atoms with Crippen LogP contribution in [0.4, 0.5) is 5.69 Å². The molecule has 0 aliphatic heterocycles. The van der Waals surface area contributed by atoms with E-state index in [0.29, 0.717) is 4.47 Å². The fourth-order valence-electron chi connectivity index (χ4n) is 0.695. The number of nitriles is 1. The van der Waals surface area contributed by atoms with Gasteiger partial charge in [-0.15, -0.1) is 0 Å². The van der Waals surface area contributed by atoms with Gasteiger partial charge in [-0.3, -0.25) is 10.1 Å². The first-order valence-electron chi connectivity index (χ1n) is 2.91. The number of nitro benzene ring substituents is 1. The molecular formula is C7H2BrN2O2. The number of hydrogen-bond acceptors (Lipinski definition) is 3. The second kappa shape index (κ2) is 3.32. The van der Waals surface area contributed by atoms with Gasteiger partial charge >= 0.3 is 0 Å². The monoisotopic (exact) mass is 225 g/mol. The molecule has 0 unspecified atom stereocenters. The van der Waals surface area contributed by atoms with Gasteiger partial charge < -0.3 is 0 Å². The molecule has 1 radical (unpaired) electrons. The topological polar surface area (TPSA) is 66.9 Å². The molecule has 5 heteroatoms. The highest BCUT2D eigenvalue weighted by molar-refractivity contribution is 9.10. The molecule has 0 fully saturated rings. The maximum atomic E-state index is 10.4. The molecule has 0 amide bonds. The molecule has 0 aliphatic rings. The predicted molar refractivity (Wildman–Crippen MR) is 44.3 cm³/mol. The summed E-state index contributed by atoms with van der Waals surface area (Å²) in [5, 5.41) is 18.8. The fourth-order valence-corrected chi connectivity index (χ4v) is 1.03. The van der Waals surface area contributed by atoms with Crippen LogP contribution in [-0.2, 0) is 0 Å². The Labute approximate surface area is 76.7 Å². The van der Waals surface area contributed by atoms with Crippen molar-refractivity contribution in [3.8, 4) is 6.07 Å². The van der Waals surface area contributed by atoms with Crippen LogP contribution in [-0.4, -0.2) is 4.92 Å². The molecule has 0 bridgehead atoms. The highest BCUT2D eigenvalue weighted by atomic mass is 79.9. The van der Waals surface area contributed by atoms with Crippen LogP contribution in [0.25, 0.3) is 0 Å². The molecule has 0 spiro atoms. The molecule has 0 saturated heterocycles. The maximum Gasteiger partial charge on any atom is 0.288 e. The minimum atomic E-state index is -0.600. The summed E-state index contributed by atoms with van der Waals surface area (Å²) in [4.78, 5) is 9.75. The van der Waals surface area contributed by atoms with Crippen LogP contribution in [0, 0.1) is 27.5 Å². The average Bonchev–Trinajstić information content (AvgIpc) is 2.04. The second-order valence-electron chi connectivity index (χ2n) is 1.95. The fraction of sp³-hybridized carbons (Fsp3) is 0. The Morgan fingerprint density at radius 3 is 2.92 bits per heavy atom. The van der Waals surface area contributed by atoms with Crippen LogP contribution in [0.15, 0.2) is 16.6 Å². The molecule has 0 atom stereocenters. The number of halogens is 1. The van der Waals surface area contributed by atoms with E-state index in [-0.39, 0.29) is 11.3 Å². The first-order valence-corrected chi connectivity index (χ1v) is 3.70. The van der Waals surface area contributed by atoms with E-state index in [2.05, 4.69) is 22.0 Å². The molecule has 59 valence electrons. The van der Waals surface area contributed by atoms with Crippen LogP contribution < -0.4 is 0 Å². The van der Waals surface area contributed by atoms with Crippen molar-refractivity contribution >= 4 is 21.6 Å². The quantitative estimate of drug-likeness (QED) is 0.543. The Morgan fingerprint density at radius 1 is 1.75 bits per heavy atom. The van der Waals surface area contributed by atoms with Crippen LogP contribution >= 0.6 is 15.9 Å². The van der Waals surface area contributed by atoms with Crippen molar-refractivity contribution in [3.05, 3.63) is 38.3 Å². The molecule has 4 nitrogen and oxygen atoms in total. The molecule has 0 saturated carbocycles. The lowest BCUT2D eigenvalue weighted by molar-refractivity contribution is -0.385. The zero-order chi connectivity index (χ0) is 9.14. The van der Waals surface area contributed by atoms with Crippen LogP contribution in [0.2, 0.25) is 0 Å². The molecule has 1 rings (SSSR count). The lowest BCUT2D eigenvalue weighted by Gasteiger charge is -1.93. The SMILES string of the molecule is N#Cc1c[c]c(Br)cc1[N+](=O)[O-]. The van der Waals surface area contributed by atoms with Gasteiger partial charge in [0.1, 0.15) is 11.6 Å². The van der Waals surface area contributed by atoms with E-state index in [1.54, 1.807) is 6.07 Å². The van der Waals surface area contributed by atoms with Gasteiger partial charge in [-0.05, 0) is 28.1 Å². The number of benzene rings is 1. The number of rotatable bonds is 1. The third kappa shape index (κ3) is 1.60. The molecule has 12 heavy (non-hydrogen) atoms. The van der Waals surface area contributed by atoms with Crippen molar-refractivity contribution in [2.75, 3.05) is 0 Å². The normalized spacial score (nSPS) is 9.00. The summed E-state index contributed by atoms with van der Waals surface area (Å²) in [6.45, 7) is 0. The summed E-state index contributed by atoms with van der Waals surface area (Å²) in [6.07, 6.45) is 0. The zero-order valence-corrected chi connectivity index (χ0v) is 7.33. The summed E-state index contributed by atoms with van der Waals surface area (Å²) in [6, 6.07) is 6.87. The number of nitrogens with zero attached hydrogens (tertiary/aromatic N) is 2. The molecule has 1 aromatic carbocycles. The van der Waals surface area contributed by atoms with E-state index < -0.39 is 4.92 Å². The molecular weight excluding hydrogens is 224 g/mol. The van der Waals surface area contributed by atoms with E-state index in [1.165, 1.54) is 12.1 Å². The van der Waals surface area contributed by atoms with Crippen molar-refractivity contribution in [1.82, 2.24) is 0 Å². The summed E-state index contributed by atoms with van der Waals surface area (Å²) in [5.41, 5.74) is -0.189. The van der Waals surface area contributed by atoms with Crippen molar-refractivity contribution in [1.29, 1.82) is 5.26 Å². The molecule has 0 heterocycles. The van der Waals surface area contributed by atoms with Crippen molar-refractivity contribution < 1.29 is 4.92 Å². The first kappa shape index (κ1) is 8.68. The Morgan fingerprint density at radius 2 is 2.42 bits per heavy atom. The Hall–Kier alpha value is -1.41. The smallest absolute Gasteiger partial charge is 0.258 e. The Balaban J connectivity index is 3.34. The van der Waals surface area contributed by atoms with E-state index in [9.17, 15) is 10.1 Å². The second-order valence-corrected chi connectivity index (χ2v) is 2.80. The summed E-state index contributed by atoms with van der Waals surface area (Å²) >= 11 is 3.02. The standard InChI is InChI=1S/C7H2BrN2O2/c8-6-2-1-5(4-9)7(3-6)10(11)12/h1,3H. The first-order chi connectivity index (χ1) is 5.65. The highest BCUT2D eigenvalue weighted by Crippen LogP contribution is 2.21. The Bertz CT molecular complexity index is 370. The van der Waals surface area contributed by atoms with Gasteiger partial charge in [0, 0.05) is 10.5 Å². The summed E-state index contributed by atoms with van der Waals surface area (Å²) in [7, 11) is 0. The molecule has 0 aromatic heterocycles. The van der Waals surface area contributed by atoms with Gasteiger partial charge in [-0.1, -0.05) is 0 Å². The minimum Gasteiger partial charge on any atom is -0.258 e. The molecule has 0 N–H and O–H groups in total. The van der Waals surface area contributed by atoms with Crippen molar-refractivity contribution in [2.24, 2.45) is 0 Å². The van der Waals surface area contributed by atoms with Gasteiger partial charge in [0.05, 0.1) is 4.92 Å². The molecule has 1 aromatic rings. The van der Waals surface area contributed by atoms with Gasteiger partial charge in [0.2, 0.25) is 0 Å². The lowest BCUT2D eigenvalue weighted by Crippen LogP contribution is -1.91. The minimum absolute atomic E-state index is 0.0169. The van der Waals surface area contributed by atoms with E-state index in [1.807, 2.05) is 0 Å². The third-order valence-electron chi connectivity index (χ3n) is 1.21. The van der Waals surface area contributed by atoms with E-state index in [4.69, 9.17) is 5.26 Å². The van der Waals surface area contributed by atoms with E-state index in [0.717, 1.165) is 0 Å². The van der Waals surface area contributed by atoms with Crippen LogP contribution in [0.3, 0.4) is 0 Å². The van der Waals surface area contributed by atoms with Gasteiger partial charge in [0.15, 0.2) is 0 Å². The lowest BCUT2D eigenvalue weighted by atomic mass is 10.2. The average molecular weight is 226 g/mol. The predicted octanol–water partition coefficient (Wildman–Crippen LogP) is 2.03. The van der Waals surface area contributed by atoms with Gasteiger partial charge in [-0.25, -0.2) is 0 Å². The zero-order valence-electron chi connectivity index (χ0n) is 5.74. The summed E-state index contributed by atoms with van der Waals surface area (Å²) < 4.78 is 0.466. The largest absolute Gasteiger partial charge is 0.288 e. The number of hydrogen-bond donors (Lipinski definition) is 0. The van der Waals surface area contributed by atoms with Crippen LogP contribution in [0.5, 0.6) is 0 Å². The van der Waals surface area contributed by atoms with Gasteiger partial charge in [0.25, 0.3) is 5.69 Å². The van der Waals surface area contributed by atoms with Gasteiger partial charge in [-0.2, -0.15) is 5.26 Å². The Kier molecular flexibility index (Phi) is 2.41. The third-order valence-corrected chi connectivity index (χ3v) is 1.67. The van der Waals surface area contributed by atoms with Crippen molar-refractivity contribution in [2.45, 2.75) is 0 Å². The maximum absolute atomic E-state index is 10.4. The number of nitro groups is 1. The highest BCUT2D eigenvalue weighted by Gasteiger charge is 2.12. The van der Waals surface area contributed by atoms with Crippen molar-refractivity contribution in [3.63, 3.8) is 0 Å². The molecule has 0 aliphatic carbocycles. The van der Waals surface area contributed by atoms with Crippen LogP contribution in [0.1, 0.15) is 5.56 Å². The van der Waals surface area contributed by atoms with E-state index >= 15 is 0 Å².